The molecule has 1 N–H and O–H groups in total. The minimum Gasteiger partial charge on any atom is -0.385 e. The van der Waals surface area contributed by atoms with E-state index in [4.69, 9.17) is 4.74 Å². The van der Waals surface area contributed by atoms with Gasteiger partial charge in [-0.3, -0.25) is 10.1 Å². The molecule has 1 aromatic carbocycles. The SMILES string of the molecule is CCNc1cc(N2CCOC(C)C2)cc([N+](=O)[O-])c1. The highest BCUT2D eigenvalue weighted by atomic mass is 16.6. The molecule has 1 aliphatic rings. The van der Waals surface area contributed by atoms with E-state index in [1.165, 1.54) is 0 Å². The van der Waals surface area contributed by atoms with Crippen molar-refractivity contribution < 1.29 is 9.66 Å². The highest BCUT2D eigenvalue weighted by Gasteiger charge is 2.19. The molecule has 1 heterocycles. The Kier molecular flexibility index (Phi) is 4.21. The Hall–Kier alpha value is -1.82. The molecule has 1 aliphatic heterocycles. The molecule has 1 unspecified atom stereocenters. The Morgan fingerprint density at radius 1 is 1.53 bits per heavy atom. The second-order valence-corrected chi connectivity index (χ2v) is 4.65. The summed E-state index contributed by atoms with van der Waals surface area (Å²) in [5.74, 6) is 0. The van der Waals surface area contributed by atoms with Gasteiger partial charge in [-0.15, -0.1) is 0 Å². The molecule has 6 nitrogen and oxygen atoms in total. The normalized spacial score (nSPS) is 19.3. The lowest BCUT2D eigenvalue weighted by molar-refractivity contribution is -0.384. The number of benzene rings is 1. The molecule has 1 saturated heterocycles. The van der Waals surface area contributed by atoms with Gasteiger partial charge in [-0.2, -0.15) is 0 Å². The quantitative estimate of drug-likeness (QED) is 0.668. The summed E-state index contributed by atoms with van der Waals surface area (Å²) >= 11 is 0. The van der Waals surface area contributed by atoms with Gasteiger partial charge in [0, 0.05) is 43.1 Å². The van der Waals surface area contributed by atoms with Crippen molar-refractivity contribution >= 4 is 17.1 Å². The van der Waals surface area contributed by atoms with E-state index >= 15 is 0 Å². The van der Waals surface area contributed by atoms with E-state index in [0.717, 1.165) is 31.0 Å². The van der Waals surface area contributed by atoms with Crippen molar-refractivity contribution in [1.29, 1.82) is 0 Å². The van der Waals surface area contributed by atoms with Crippen LogP contribution in [0.25, 0.3) is 0 Å². The Bertz CT molecular complexity index is 464. The first kappa shape index (κ1) is 13.6. The highest BCUT2D eigenvalue weighted by molar-refractivity contribution is 5.64. The Labute approximate surface area is 112 Å². The fourth-order valence-electron chi connectivity index (χ4n) is 2.24. The van der Waals surface area contributed by atoms with Gasteiger partial charge in [-0.25, -0.2) is 0 Å². The fraction of sp³-hybridized carbons (Fsp3) is 0.538. The van der Waals surface area contributed by atoms with E-state index in [9.17, 15) is 10.1 Å². The maximum atomic E-state index is 11.0. The maximum Gasteiger partial charge on any atom is 0.273 e. The Balaban J connectivity index is 2.29. The number of nitro groups is 1. The van der Waals surface area contributed by atoms with Crippen molar-refractivity contribution in [3.05, 3.63) is 28.3 Å². The van der Waals surface area contributed by atoms with Crippen molar-refractivity contribution in [3.8, 4) is 0 Å². The van der Waals surface area contributed by atoms with Crippen LogP contribution in [0.3, 0.4) is 0 Å². The summed E-state index contributed by atoms with van der Waals surface area (Å²) in [6.45, 7) is 6.88. The Morgan fingerprint density at radius 2 is 2.32 bits per heavy atom. The second kappa shape index (κ2) is 5.88. The van der Waals surface area contributed by atoms with E-state index in [1.807, 2.05) is 19.9 Å². The molecule has 1 atom stereocenters. The van der Waals surface area contributed by atoms with E-state index in [-0.39, 0.29) is 16.7 Å². The summed E-state index contributed by atoms with van der Waals surface area (Å²) in [5, 5.41) is 14.1. The smallest absolute Gasteiger partial charge is 0.273 e. The number of non-ortho nitro benzene ring substituents is 1. The van der Waals surface area contributed by atoms with Gasteiger partial charge in [0.05, 0.1) is 17.6 Å². The van der Waals surface area contributed by atoms with Gasteiger partial charge < -0.3 is 15.0 Å². The number of morpholine rings is 1. The van der Waals surface area contributed by atoms with Gasteiger partial charge >= 0.3 is 0 Å². The lowest BCUT2D eigenvalue weighted by Crippen LogP contribution is -2.41. The second-order valence-electron chi connectivity index (χ2n) is 4.65. The summed E-state index contributed by atoms with van der Waals surface area (Å²) < 4.78 is 5.49. The predicted octanol–water partition coefficient (Wildman–Crippen LogP) is 2.25. The van der Waals surface area contributed by atoms with Crippen LogP contribution in [0.5, 0.6) is 0 Å². The van der Waals surface area contributed by atoms with Gasteiger partial charge in [0.15, 0.2) is 0 Å². The van der Waals surface area contributed by atoms with Crippen LogP contribution in [0.15, 0.2) is 18.2 Å². The molecule has 0 aromatic heterocycles. The van der Waals surface area contributed by atoms with Gasteiger partial charge in [-0.05, 0) is 19.9 Å². The zero-order valence-corrected chi connectivity index (χ0v) is 11.3. The van der Waals surface area contributed by atoms with Crippen molar-refractivity contribution in [2.75, 3.05) is 36.5 Å². The average Bonchev–Trinajstić information content (AvgIpc) is 2.38. The van der Waals surface area contributed by atoms with Crippen LogP contribution >= 0.6 is 0 Å². The molecular formula is C13H19N3O3. The number of nitrogens with zero attached hydrogens (tertiary/aromatic N) is 2. The third-order valence-corrected chi connectivity index (χ3v) is 3.10. The van der Waals surface area contributed by atoms with E-state index < -0.39 is 0 Å². The first-order chi connectivity index (χ1) is 9.10. The predicted molar refractivity (Wildman–Crippen MR) is 74.9 cm³/mol. The molecule has 0 spiro atoms. The summed E-state index contributed by atoms with van der Waals surface area (Å²) in [5.41, 5.74) is 1.78. The van der Waals surface area contributed by atoms with E-state index in [1.54, 1.807) is 12.1 Å². The van der Waals surface area contributed by atoms with Crippen LogP contribution < -0.4 is 10.2 Å². The van der Waals surface area contributed by atoms with Gasteiger partial charge in [0.2, 0.25) is 0 Å². The molecule has 19 heavy (non-hydrogen) atoms. The standard InChI is InChI=1S/C13H19N3O3/c1-3-14-11-6-12(8-13(7-11)16(17)18)15-4-5-19-10(2)9-15/h6-8,10,14H,3-5,9H2,1-2H3. The molecule has 1 aromatic rings. The maximum absolute atomic E-state index is 11.0. The monoisotopic (exact) mass is 265 g/mol. The number of hydrogen-bond acceptors (Lipinski definition) is 5. The first-order valence-electron chi connectivity index (χ1n) is 6.50. The lowest BCUT2D eigenvalue weighted by Gasteiger charge is -2.33. The van der Waals surface area contributed by atoms with E-state index in [0.29, 0.717) is 6.61 Å². The Morgan fingerprint density at radius 3 is 2.95 bits per heavy atom. The van der Waals surface area contributed by atoms with Crippen LogP contribution in [-0.2, 0) is 4.74 Å². The number of rotatable bonds is 4. The minimum absolute atomic E-state index is 0.118. The molecule has 104 valence electrons. The van der Waals surface area contributed by atoms with Crippen LogP contribution in [0.1, 0.15) is 13.8 Å². The van der Waals surface area contributed by atoms with Crippen molar-refractivity contribution in [2.24, 2.45) is 0 Å². The number of anilines is 2. The lowest BCUT2D eigenvalue weighted by atomic mass is 10.2. The number of ether oxygens (including phenoxy) is 1. The summed E-state index contributed by atoms with van der Waals surface area (Å²) in [7, 11) is 0. The summed E-state index contributed by atoms with van der Waals surface area (Å²) in [6, 6.07) is 5.14. The highest BCUT2D eigenvalue weighted by Crippen LogP contribution is 2.28. The van der Waals surface area contributed by atoms with Crippen LogP contribution in [-0.4, -0.2) is 37.3 Å². The molecule has 0 aliphatic carbocycles. The summed E-state index contributed by atoms with van der Waals surface area (Å²) in [6.07, 6.45) is 0.149. The molecule has 6 heteroatoms. The number of hydrogen-bond donors (Lipinski definition) is 1. The molecule has 2 rings (SSSR count). The molecule has 0 amide bonds. The fourth-order valence-corrected chi connectivity index (χ4v) is 2.24. The van der Waals surface area contributed by atoms with Crippen molar-refractivity contribution in [2.45, 2.75) is 20.0 Å². The third kappa shape index (κ3) is 3.35. The third-order valence-electron chi connectivity index (χ3n) is 3.10. The topological polar surface area (TPSA) is 67.6 Å². The summed E-state index contributed by atoms with van der Waals surface area (Å²) in [4.78, 5) is 12.8. The first-order valence-corrected chi connectivity index (χ1v) is 6.50. The van der Waals surface area contributed by atoms with Crippen molar-refractivity contribution in [3.63, 3.8) is 0 Å². The van der Waals surface area contributed by atoms with Crippen LogP contribution in [0.2, 0.25) is 0 Å². The van der Waals surface area contributed by atoms with Crippen LogP contribution in [0.4, 0.5) is 17.1 Å². The molecule has 0 saturated carbocycles. The van der Waals surface area contributed by atoms with Gasteiger partial charge in [-0.1, -0.05) is 0 Å². The molecule has 0 bridgehead atoms. The molecular weight excluding hydrogens is 246 g/mol. The largest absolute Gasteiger partial charge is 0.385 e. The van der Waals surface area contributed by atoms with Crippen LogP contribution in [0, 0.1) is 10.1 Å². The number of nitrogens with one attached hydrogen (secondary N) is 1. The average molecular weight is 265 g/mol. The van der Waals surface area contributed by atoms with Gasteiger partial charge in [0.1, 0.15) is 0 Å². The molecule has 1 fully saturated rings. The van der Waals surface area contributed by atoms with E-state index in [2.05, 4.69) is 10.2 Å². The minimum atomic E-state index is -0.353. The number of nitro benzene ring substituents is 1. The van der Waals surface area contributed by atoms with Gasteiger partial charge in [0.25, 0.3) is 5.69 Å². The van der Waals surface area contributed by atoms with Crippen molar-refractivity contribution in [1.82, 2.24) is 0 Å². The molecule has 0 radical (unpaired) electrons. The zero-order chi connectivity index (χ0) is 13.8. The zero-order valence-electron chi connectivity index (χ0n) is 11.3.